The first kappa shape index (κ1) is 16.2. The van der Waals surface area contributed by atoms with Crippen LogP contribution in [0.3, 0.4) is 0 Å². The lowest BCUT2D eigenvalue weighted by Crippen LogP contribution is -2.32. The molecule has 0 aromatic heterocycles. The van der Waals surface area contributed by atoms with Gasteiger partial charge in [-0.15, -0.1) is 0 Å². The Balaban J connectivity index is 2.64. The van der Waals surface area contributed by atoms with Crippen LogP contribution in [-0.2, 0) is 0 Å². The lowest BCUT2D eigenvalue weighted by atomic mass is 10.1. The zero-order chi connectivity index (χ0) is 15.1. The van der Waals surface area contributed by atoms with E-state index in [4.69, 9.17) is 0 Å². The van der Waals surface area contributed by atoms with Crippen molar-refractivity contribution in [1.29, 1.82) is 0 Å². The number of hydrogen-bond donors (Lipinski definition) is 2. The van der Waals surface area contributed by atoms with E-state index in [1.165, 1.54) is 0 Å². The van der Waals surface area contributed by atoms with Gasteiger partial charge in [0.25, 0.3) is 11.8 Å². The molecule has 0 saturated heterocycles. The highest BCUT2D eigenvalue weighted by atomic mass is 16.2. The van der Waals surface area contributed by atoms with E-state index in [9.17, 15) is 9.59 Å². The summed E-state index contributed by atoms with van der Waals surface area (Å²) in [4.78, 5) is 23.7. The quantitative estimate of drug-likeness (QED) is 0.839. The Hall–Kier alpha value is -1.84. The van der Waals surface area contributed by atoms with Gasteiger partial charge in [0.2, 0.25) is 0 Å². The van der Waals surface area contributed by atoms with Crippen LogP contribution in [0.1, 0.15) is 54.8 Å². The van der Waals surface area contributed by atoms with Gasteiger partial charge in [0, 0.05) is 23.7 Å². The van der Waals surface area contributed by atoms with E-state index in [1.54, 1.807) is 24.3 Å². The molecule has 0 fully saturated rings. The molecular weight excluding hydrogens is 252 g/mol. The minimum Gasteiger partial charge on any atom is -0.352 e. The SMILES string of the molecule is CCC(C)NC(=O)c1ccc(C(=O)NCC(C)C)cc1. The van der Waals surface area contributed by atoms with Crippen LogP contribution < -0.4 is 10.6 Å². The maximum Gasteiger partial charge on any atom is 0.251 e. The topological polar surface area (TPSA) is 58.2 Å². The van der Waals surface area contributed by atoms with Crippen molar-refractivity contribution in [2.45, 2.75) is 40.2 Å². The van der Waals surface area contributed by atoms with Gasteiger partial charge >= 0.3 is 0 Å². The molecule has 2 N–H and O–H groups in total. The Morgan fingerprint density at radius 2 is 1.50 bits per heavy atom. The Bertz CT molecular complexity index is 452. The summed E-state index contributed by atoms with van der Waals surface area (Å²) in [7, 11) is 0. The van der Waals surface area contributed by atoms with Gasteiger partial charge in [-0.05, 0) is 43.5 Å². The number of nitrogens with one attached hydrogen (secondary N) is 2. The first-order chi connectivity index (χ1) is 9.43. The molecule has 1 unspecified atom stereocenters. The zero-order valence-electron chi connectivity index (χ0n) is 12.7. The van der Waals surface area contributed by atoms with Gasteiger partial charge in [-0.1, -0.05) is 20.8 Å². The van der Waals surface area contributed by atoms with Gasteiger partial charge in [0.05, 0.1) is 0 Å². The summed E-state index contributed by atoms with van der Waals surface area (Å²) in [6.07, 6.45) is 0.890. The van der Waals surface area contributed by atoms with E-state index in [0.29, 0.717) is 23.6 Å². The highest BCUT2D eigenvalue weighted by Crippen LogP contribution is 2.05. The summed E-state index contributed by atoms with van der Waals surface area (Å²) in [6.45, 7) is 8.72. The van der Waals surface area contributed by atoms with Crippen LogP contribution in [0, 0.1) is 5.92 Å². The van der Waals surface area contributed by atoms with Gasteiger partial charge in [0.15, 0.2) is 0 Å². The minimum atomic E-state index is -0.104. The predicted octanol–water partition coefficient (Wildman–Crippen LogP) is 2.60. The molecule has 0 bridgehead atoms. The monoisotopic (exact) mass is 276 g/mol. The molecule has 0 spiro atoms. The molecule has 1 atom stereocenters. The highest BCUT2D eigenvalue weighted by Gasteiger charge is 2.10. The summed E-state index contributed by atoms with van der Waals surface area (Å²) >= 11 is 0. The number of carbonyl (C=O) groups is 2. The molecule has 1 aromatic rings. The minimum absolute atomic E-state index is 0.103. The molecule has 1 rings (SSSR count). The van der Waals surface area contributed by atoms with E-state index < -0.39 is 0 Å². The normalized spacial score (nSPS) is 12.1. The lowest BCUT2D eigenvalue weighted by molar-refractivity contribution is 0.0931. The first-order valence-corrected chi connectivity index (χ1v) is 7.13. The van der Waals surface area contributed by atoms with Crippen molar-refractivity contribution in [3.8, 4) is 0 Å². The van der Waals surface area contributed by atoms with Crippen molar-refractivity contribution in [2.75, 3.05) is 6.54 Å². The Labute approximate surface area is 121 Å². The average molecular weight is 276 g/mol. The fourth-order valence-corrected chi connectivity index (χ4v) is 1.58. The molecule has 0 aliphatic carbocycles. The van der Waals surface area contributed by atoms with Crippen LogP contribution >= 0.6 is 0 Å². The van der Waals surface area contributed by atoms with Crippen molar-refractivity contribution in [3.05, 3.63) is 35.4 Å². The summed E-state index contributed by atoms with van der Waals surface area (Å²) in [5.74, 6) is 0.209. The third-order valence-corrected chi connectivity index (χ3v) is 3.07. The zero-order valence-corrected chi connectivity index (χ0v) is 12.7. The number of amides is 2. The fourth-order valence-electron chi connectivity index (χ4n) is 1.58. The Morgan fingerprint density at radius 3 is 1.95 bits per heavy atom. The third kappa shape index (κ3) is 5.03. The molecule has 110 valence electrons. The second-order valence-electron chi connectivity index (χ2n) is 5.46. The lowest BCUT2D eigenvalue weighted by Gasteiger charge is -2.12. The largest absolute Gasteiger partial charge is 0.352 e. The van der Waals surface area contributed by atoms with Crippen molar-refractivity contribution in [2.24, 2.45) is 5.92 Å². The van der Waals surface area contributed by atoms with E-state index >= 15 is 0 Å². The van der Waals surface area contributed by atoms with E-state index in [0.717, 1.165) is 6.42 Å². The maximum atomic E-state index is 11.9. The smallest absolute Gasteiger partial charge is 0.251 e. The molecular formula is C16H24N2O2. The summed E-state index contributed by atoms with van der Waals surface area (Å²) in [5, 5.41) is 5.74. The third-order valence-electron chi connectivity index (χ3n) is 3.07. The molecule has 4 heteroatoms. The Morgan fingerprint density at radius 1 is 1.00 bits per heavy atom. The van der Waals surface area contributed by atoms with Crippen LogP contribution in [0.15, 0.2) is 24.3 Å². The van der Waals surface area contributed by atoms with E-state index in [2.05, 4.69) is 10.6 Å². The highest BCUT2D eigenvalue weighted by molar-refractivity contribution is 5.97. The number of carbonyl (C=O) groups excluding carboxylic acids is 2. The van der Waals surface area contributed by atoms with Gasteiger partial charge in [-0.3, -0.25) is 9.59 Å². The standard InChI is InChI=1S/C16H24N2O2/c1-5-12(4)18-16(20)14-8-6-13(7-9-14)15(19)17-10-11(2)3/h6-9,11-12H,5,10H2,1-4H3,(H,17,19)(H,18,20). The molecule has 0 aliphatic rings. The summed E-state index contributed by atoms with van der Waals surface area (Å²) in [5.41, 5.74) is 1.15. The van der Waals surface area contributed by atoms with Crippen LogP contribution in [-0.4, -0.2) is 24.4 Å². The first-order valence-electron chi connectivity index (χ1n) is 7.13. The maximum absolute atomic E-state index is 11.9. The fraction of sp³-hybridized carbons (Fsp3) is 0.500. The van der Waals surface area contributed by atoms with Crippen molar-refractivity contribution < 1.29 is 9.59 Å². The van der Waals surface area contributed by atoms with Crippen LogP contribution in [0.5, 0.6) is 0 Å². The number of hydrogen-bond acceptors (Lipinski definition) is 2. The van der Waals surface area contributed by atoms with Crippen molar-refractivity contribution in [1.82, 2.24) is 10.6 Å². The number of benzene rings is 1. The van der Waals surface area contributed by atoms with E-state index in [1.807, 2.05) is 27.7 Å². The van der Waals surface area contributed by atoms with Gasteiger partial charge < -0.3 is 10.6 Å². The molecule has 20 heavy (non-hydrogen) atoms. The second kappa shape index (κ2) is 7.68. The second-order valence-corrected chi connectivity index (χ2v) is 5.46. The molecule has 0 radical (unpaired) electrons. The van der Waals surface area contributed by atoms with Crippen LogP contribution in [0.4, 0.5) is 0 Å². The van der Waals surface area contributed by atoms with Crippen molar-refractivity contribution >= 4 is 11.8 Å². The summed E-state index contributed by atoms with van der Waals surface area (Å²) < 4.78 is 0. The predicted molar refractivity (Wildman–Crippen MR) is 80.8 cm³/mol. The molecule has 4 nitrogen and oxygen atoms in total. The number of rotatable bonds is 6. The molecule has 0 aliphatic heterocycles. The van der Waals surface area contributed by atoms with Gasteiger partial charge in [-0.25, -0.2) is 0 Å². The van der Waals surface area contributed by atoms with Gasteiger partial charge in [-0.2, -0.15) is 0 Å². The Kier molecular flexibility index (Phi) is 6.22. The summed E-state index contributed by atoms with van der Waals surface area (Å²) in [6, 6.07) is 6.88. The molecule has 0 saturated carbocycles. The van der Waals surface area contributed by atoms with Crippen LogP contribution in [0.2, 0.25) is 0 Å². The van der Waals surface area contributed by atoms with Crippen LogP contribution in [0.25, 0.3) is 0 Å². The van der Waals surface area contributed by atoms with Gasteiger partial charge in [0.1, 0.15) is 0 Å². The molecule has 1 aromatic carbocycles. The molecule has 2 amide bonds. The molecule has 0 heterocycles. The van der Waals surface area contributed by atoms with E-state index in [-0.39, 0.29) is 17.9 Å². The van der Waals surface area contributed by atoms with Crippen molar-refractivity contribution in [3.63, 3.8) is 0 Å². The average Bonchev–Trinajstić information content (AvgIpc) is 2.44.